The van der Waals surface area contributed by atoms with Crippen LogP contribution in [0.5, 0.6) is 0 Å². The number of fused-ring (bicyclic) bond motifs is 1. The summed E-state index contributed by atoms with van der Waals surface area (Å²) in [6.07, 6.45) is 1.72. The Morgan fingerprint density at radius 3 is 2.87 bits per heavy atom. The molecule has 1 heterocycles. The van der Waals surface area contributed by atoms with Gasteiger partial charge in [0.15, 0.2) is 0 Å². The van der Waals surface area contributed by atoms with E-state index in [0.717, 1.165) is 26.6 Å². The first-order chi connectivity index (χ1) is 11.1. The van der Waals surface area contributed by atoms with E-state index >= 15 is 0 Å². The number of hydrogen-bond donors (Lipinski definition) is 1. The first kappa shape index (κ1) is 15.3. The number of amides is 1. The first-order valence-electron chi connectivity index (χ1n) is 7.12. The predicted octanol–water partition coefficient (Wildman–Crippen LogP) is 4.22. The molecule has 1 amide bonds. The van der Waals surface area contributed by atoms with E-state index in [1.165, 1.54) is 0 Å². The lowest BCUT2D eigenvalue weighted by Gasteiger charge is -2.08. The molecule has 0 spiro atoms. The molecular formula is C18H14BrN3O. The second-order valence-corrected chi connectivity index (χ2v) is 6.28. The van der Waals surface area contributed by atoms with Crippen molar-refractivity contribution in [1.82, 2.24) is 4.57 Å². The molecule has 3 aromatic rings. The molecule has 0 radical (unpaired) electrons. The number of nitrogens with one attached hydrogen (secondary N) is 1. The molecule has 114 valence electrons. The Morgan fingerprint density at radius 1 is 1.30 bits per heavy atom. The third-order valence-electron chi connectivity index (χ3n) is 3.58. The van der Waals surface area contributed by atoms with Crippen LogP contribution in [0.15, 0.2) is 53.1 Å². The van der Waals surface area contributed by atoms with Crippen LogP contribution in [-0.2, 0) is 11.3 Å². The van der Waals surface area contributed by atoms with Gasteiger partial charge in [-0.15, -0.1) is 0 Å². The van der Waals surface area contributed by atoms with Gasteiger partial charge in [0.1, 0.15) is 12.6 Å². The lowest BCUT2D eigenvalue weighted by atomic mass is 10.2. The van der Waals surface area contributed by atoms with Crippen molar-refractivity contribution in [3.63, 3.8) is 0 Å². The van der Waals surface area contributed by atoms with Crippen molar-refractivity contribution in [3.05, 3.63) is 64.3 Å². The number of nitrogens with zero attached hydrogens (tertiary/aromatic N) is 2. The molecule has 23 heavy (non-hydrogen) atoms. The largest absolute Gasteiger partial charge is 0.337 e. The summed E-state index contributed by atoms with van der Waals surface area (Å²) in [4.78, 5) is 12.3. The quantitative estimate of drug-likeness (QED) is 0.753. The summed E-state index contributed by atoms with van der Waals surface area (Å²) in [5.74, 6) is -0.125. The summed E-state index contributed by atoms with van der Waals surface area (Å²) in [7, 11) is 0. The predicted molar refractivity (Wildman–Crippen MR) is 94.2 cm³/mol. The Hall–Kier alpha value is -2.58. The molecule has 4 nitrogen and oxygen atoms in total. The van der Waals surface area contributed by atoms with Crippen molar-refractivity contribution in [2.75, 3.05) is 5.32 Å². The maximum Gasteiger partial charge on any atom is 0.244 e. The van der Waals surface area contributed by atoms with Crippen molar-refractivity contribution >= 4 is 38.4 Å². The Labute approximate surface area is 142 Å². The molecule has 1 N–H and O–H groups in total. The summed E-state index contributed by atoms with van der Waals surface area (Å²) in [5, 5.41) is 13.0. The van der Waals surface area contributed by atoms with Crippen LogP contribution in [0.2, 0.25) is 0 Å². The summed E-state index contributed by atoms with van der Waals surface area (Å²) < 4.78 is 2.70. The normalized spacial score (nSPS) is 10.5. The minimum atomic E-state index is -0.125. The van der Waals surface area contributed by atoms with Crippen LogP contribution >= 0.6 is 15.9 Å². The number of carbonyl (C=O) groups excluding carboxylic acids is 1. The smallest absolute Gasteiger partial charge is 0.244 e. The number of nitriles is 1. The molecule has 0 aliphatic carbocycles. The topological polar surface area (TPSA) is 57.8 Å². The van der Waals surface area contributed by atoms with E-state index in [9.17, 15) is 10.1 Å². The highest BCUT2D eigenvalue weighted by molar-refractivity contribution is 9.10. The minimum absolute atomic E-state index is 0.125. The van der Waals surface area contributed by atoms with E-state index in [-0.39, 0.29) is 12.5 Å². The average molecular weight is 368 g/mol. The summed E-state index contributed by atoms with van der Waals surface area (Å²) >= 11 is 3.41. The van der Waals surface area contributed by atoms with E-state index in [0.29, 0.717) is 5.56 Å². The fourth-order valence-electron chi connectivity index (χ4n) is 2.57. The van der Waals surface area contributed by atoms with Gasteiger partial charge in [-0.1, -0.05) is 28.1 Å². The third-order valence-corrected chi connectivity index (χ3v) is 4.07. The van der Waals surface area contributed by atoms with Crippen molar-refractivity contribution in [2.45, 2.75) is 13.5 Å². The van der Waals surface area contributed by atoms with Gasteiger partial charge in [0.05, 0.1) is 5.56 Å². The molecule has 2 aromatic carbocycles. The monoisotopic (exact) mass is 367 g/mol. The van der Waals surface area contributed by atoms with Crippen molar-refractivity contribution in [3.8, 4) is 6.07 Å². The van der Waals surface area contributed by atoms with Crippen LogP contribution in [0.3, 0.4) is 0 Å². The molecule has 5 heteroatoms. The Balaban J connectivity index is 1.87. The molecule has 0 saturated heterocycles. The van der Waals surface area contributed by atoms with E-state index in [2.05, 4.69) is 27.3 Å². The van der Waals surface area contributed by atoms with E-state index in [1.807, 2.05) is 49.4 Å². The summed E-state index contributed by atoms with van der Waals surface area (Å²) in [5.41, 5.74) is 3.29. The second kappa shape index (κ2) is 6.27. The highest BCUT2D eigenvalue weighted by Crippen LogP contribution is 2.25. The lowest BCUT2D eigenvalue weighted by molar-refractivity contribution is -0.116. The molecule has 0 unspecified atom stereocenters. The lowest BCUT2D eigenvalue weighted by Crippen LogP contribution is -2.18. The molecule has 3 rings (SSSR count). The van der Waals surface area contributed by atoms with Gasteiger partial charge in [-0.3, -0.25) is 4.79 Å². The maximum atomic E-state index is 12.3. The summed E-state index contributed by atoms with van der Waals surface area (Å²) in [6.45, 7) is 2.14. The molecule has 0 bridgehead atoms. The zero-order valence-corrected chi connectivity index (χ0v) is 14.1. The molecule has 1 aromatic heterocycles. The highest BCUT2D eigenvalue weighted by Gasteiger charge is 2.11. The zero-order chi connectivity index (χ0) is 16.4. The minimum Gasteiger partial charge on any atom is -0.337 e. The maximum absolute atomic E-state index is 12.3. The number of aryl methyl sites for hydroxylation is 1. The SMILES string of the molecule is Cc1cccc(NC(=O)Cn2cc(C#N)c3cc(Br)ccc32)c1. The van der Waals surface area contributed by atoms with Gasteiger partial charge in [-0.25, -0.2) is 0 Å². The number of rotatable bonds is 3. The van der Waals surface area contributed by atoms with E-state index in [1.54, 1.807) is 10.8 Å². The van der Waals surface area contributed by atoms with Crippen molar-refractivity contribution in [2.24, 2.45) is 0 Å². The number of halogens is 1. The van der Waals surface area contributed by atoms with Gasteiger partial charge in [-0.2, -0.15) is 5.26 Å². The Bertz CT molecular complexity index is 937. The fraction of sp³-hybridized carbons (Fsp3) is 0.111. The van der Waals surface area contributed by atoms with Crippen LogP contribution in [0.25, 0.3) is 10.9 Å². The van der Waals surface area contributed by atoms with Gasteiger partial charge < -0.3 is 9.88 Å². The number of aromatic nitrogens is 1. The molecule has 0 saturated carbocycles. The van der Waals surface area contributed by atoms with Crippen LogP contribution in [-0.4, -0.2) is 10.5 Å². The van der Waals surface area contributed by atoms with Gasteiger partial charge >= 0.3 is 0 Å². The van der Waals surface area contributed by atoms with Gasteiger partial charge in [0.2, 0.25) is 5.91 Å². The van der Waals surface area contributed by atoms with Crippen LogP contribution in [0.1, 0.15) is 11.1 Å². The number of anilines is 1. The molecule has 0 aliphatic rings. The molecule has 0 atom stereocenters. The summed E-state index contributed by atoms with van der Waals surface area (Å²) in [6, 6.07) is 15.5. The highest BCUT2D eigenvalue weighted by atomic mass is 79.9. The van der Waals surface area contributed by atoms with Crippen molar-refractivity contribution in [1.29, 1.82) is 5.26 Å². The molecular weight excluding hydrogens is 354 g/mol. The number of carbonyl (C=O) groups is 1. The van der Waals surface area contributed by atoms with Gasteiger partial charge in [-0.05, 0) is 42.8 Å². The first-order valence-corrected chi connectivity index (χ1v) is 7.91. The van der Waals surface area contributed by atoms with Gasteiger partial charge in [0, 0.05) is 27.3 Å². The molecule has 0 fully saturated rings. The standard InChI is InChI=1S/C18H14BrN3O/c1-12-3-2-4-15(7-12)21-18(23)11-22-10-13(9-20)16-8-14(19)5-6-17(16)22/h2-8,10H,11H2,1H3,(H,21,23). The third kappa shape index (κ3) is 3.27. The van der Waals surface area contributed by atoms with Crippen LogP contribution in [0.4, 0.5) is 5.69 Å². The second-order valence-electron chi connectivity index (χ2n) is 5.36. The number of hydrogen-bond acceptors (Lipinski definition) is 2. The zero-order valence-electron chi connectivity index (χ0n) is 12.5. The van der Waals surface area contributed by atoms with Crippen molar-refractivity contribution < 1.29 is 4.79 Å². The van der Waals surface area contributed by atoms with Gasteiger partial charge in [0.25, 0.3) is 0 Å². The molecule has 0 aliphatic heterocycles. The Kier molecular flexibility index (Phi) is 4.18. The average Bonchev–Trinajstić information content (AvgIpc) is 2.84. The number of benzene rings is 2. The fourth-order valence-corrected chi connectivity index (χ4v) is 2.93. The Morgan fingerprint density at radius 2 is 2.13 bits per heavy atom. The van der Waals surface area contributed by atoms with E-state index < -0.39 is 0 Å². The van der Waals surface area contributed by atoms with Crippen LogP contribution < -0.4 is 5.32 Å². The van der Waals surface area contributed by atoms with E-state index in [4.69, 9.17) is 0 Å². The van der Waals surface area contributed by atoms with Crippen LogP contribution in [0, 0.1) is 18.3 Å².